The molecule has 0 spiro atoms. The number of halogens is 3. The largest absolute Gasteiger partial charge is 1.00 e. The Bertz CT molecular complexity index is 1530. The fraction of sp³-hybridized carbons (Fsp3) is 0.611. The van der Waals surface area contributed by atoms with E-state index in [4.69, 9.17) is 28.1 Å². The van der Waals surface area contributed by atoms with Gasteiger partial charge in [-0.2, -0.15) is 0 Å². The van der Waals surface area contributed by atoms with Crippen LogP contribution in [-0.4, -0.2) is 72.0 Å². The number of anilines is 2. The van der Waals surface area contributed by atoms with Crippen molar-refractivity contribution in [1.29, 1.82) is 0 Å². The van der Waals surface area contributed by atoms with E-state index in [1.807, 2.05) is 60.3 Å². The Kier molecular flexibility index (Phi) is 16.8. The maximum atomic E-state index is 14.6. The number of amides is 2. The van der Waals surface area contributed by atoms with Crippen LogP contribution in [0.4, 0.5) is 29.7 Å². The first-order valence-corrected chi connectivity index (χ1v) is 18.8. The summed E-state index contributed by atoms with van der Waals surface area (Å²) >= 11 is 2.15. The zero-order valence-electron chi connectivity index (χ0n) is 35.0. The molecule has 2 aromatic carbocycles. The van der Waals surface area contributed by atoms with Crippen molar-refractivity contribution in [1.82, 2.24) is 0 Å². The zero-order valence-corrected chi connectivity index (χ0v) is 38.1. The van der Waals surface area contributed by atoms with E-state index in [9.17, 15) is 18.4 Å². The summed E-state index contributed by atoms with van der Waals surface area (Å²) in [4.78, 5) is 27.0. The second kappa shape index (κ2) is 18.0. The first-order valence-electron chi connectivity index (χ1n) is 16.7. The molecule has 2 amide bonds. The van der Waals surface area contributed by atoms with Gasteiger partial charge in [-0.15, -0.1) is 0 Å². The van der Waals surface area contributed by atoms with Crippen LogP contribution in [0.1, 0.15) is 98.4 Å². The maximum Gasteiger partial charge on any atom is 1.00 e. The van der Waals surface area contributed by atoms with Gasteiger partial charge in [-0.1, -0.05) is 34.7 Å². The minimum absolute atomic E-state index is 0. The van der Waals surface area contributed by atoms with Crippen molar-refractivity contribution in [3.05, 3.63) is 48.0 Å². The van der Waals surface area contributed by atoms with Crippen LogP contribution in [0, 0.1) is 11.6 Å². The number of rotatable bonds is 4. The second-order valence-corrected chi connectivity index (χ2v) is 16.3. The van der Waals surface area contributed by atoms with E-state index < -0.39 is 71.7 Å². The van der Waals surface area contributed by atoms with Crippen molar-refractivity contribution in [3.8, 4) is 0 Å². The van der Waals surface area contributed by atoms with Crippen LogP contribution in [0.15, 0.2) is 36.4 Å². The Morgan fingerprint density at radius 1 is 0.712 bits per heavy atom. The third-order valence-electron chi connectivity index (χ3n) is 8.68. The van der Waals surface area contributed by atoms with E-state index in [0.717, 1.165) is 4.90 Å². The van der Waals surface area contributed by atoms with E-state index in [-0.39, 0.29) is 42.4 Å². The van der Waals surface area contributed by atoms with Crippen molar-refractivity contribution in [3.63, 3.8) is 0 Å². The molecule has 0 saturated carbocycles. The van der Waals surface area contributed by atoms with Crippen molar-refractivity contribution in [2.24, 2.45) is 0 Å². The molecule has 4 rings (SSSR count). The van der Waals surface area contributed by atoms with Crippen LogP contribution in [0.5, 0.6) is 0 Å². The van der Waals surface area contributed by atoms with Crippen LogP contribution in [-0.2, 0) is 28.1 Å². The Morgan fingerprint density at radius 3 is 1.42 bits per heavy atom. The van der Waals surface area contributed by atoms with E-state index >= 15 is 0 Å². The van der Waals surface area contributed by atoms with Crippen LogP contribution >= 0.6 is 22.6 Å². The minimum atomic E-state index is -0.704. The topological polar surface area (TPSA) is 105 Å². The average Bonchev–Trinajstić information content (AvgIpc) is 3.32. The van der Waals surface area contributed by atoms with Gasteiger partial charge in [-0.3, -0.25) is 10.2 Å². The normalized spacial score (nSPS) is 18.1. The number of hydrogen-bond donors (Lipinski definition) is 1. The van der Waals surface area contributed by atoms with Crippen molar-refractivity contribution in [2.45, 2.75) is 131 Å². The molecule has 52 heavy (non-hydrogen) atoms. The monoisotopic (exact) mass is 854 g/mol. The first-order chi connectivity index (χ1) is 23.0. The number of nitrogens with one attached hydrogen (secondary N) is 1. The van der Waals surface area contributed by atoms with Gasteiger partial charge in [0.2, 0.25) is 0 Å². The SMILES string of the molecule is CC(C)(C)OC(=O)Nc1ccc(B2OC(C)(C)C(C)(C)O2)cc1F.CI.CN(C(=O)OC(C)(C)C)c1ccc(B2OC(C)(C)C(C)(C)O2)cc1F.[H-].[Na+]. The smallest absolute Gasteiger partial charge is 1.00 e. The number of carbonyl (C=O) groups is 2. The van der Waals surface area contributed by atoms with Gasteiger partial charge < -0.3 is 29.5 Å². The van der Waals surface area contributed by atoms with Gasteiger partial charge in [0, 0.05) is 7.05 Å². The Morgan fingerprint density at radius 2 is 1.08 bits per heavy atom. The number of alkyl halides is 1. The van der Waals surface area contributed by atoms with Crippen LogP contribution in [0.2, 0.25) is 0 Å². The van der Waals surface area contributed by atoms with Crippen LogP contribution < -0.4 is 50.7 Å². The molecule has 1 N–H and O–H groups in total. The van der Waals surface area contributed by atoms with Crippen molar-refractivity contribution >= 4 is 71.3 Å². The Balaban J connectivity index is 0.000000941. The molecule has 286 valence electrons. The van der Waals surface area contributed by atoms with Gasteiger partial charge in [0.1, 0.15) is 22.8 Å². The molecule has 0 unspecified atom stereocenters. The molecule has 2 fully saturated rings. The summed E-state index contributed by atoms with van der Waals surface area (Å²) in [5, 5.41) is 2.40. The molecule has 0 radical (unpaired) electrons. The van der Waals surface area contributed by atoms with Crippen LogP contribution in [0.25, 0.3) is 0 Å². The summed E-state index contributed by atoms with van der Waals surface area (Å²) in [5.41, 5.74) is -1.99. The molecule has 2 aliphatic rings. The van der Waals surface area contributed by atoms with Crippen molar-refractivity contribution < 1.29 is 77.4 Å². The van der Waals surface area contributed by atoms with Gasteiger partial charge in [-0.25, -0.2) is 18.4 Å². The fourth-order valence-electron chi connectivity index (χ4n) is 4.52. The zero-order chi connectivity index (χ0) is 39.5. The molecule has 0 bridgehead atoms. The molecular formula is C36H56B2F2IN2NaO8. The Labute approximate surface area is 347 Å². The second-order valence-electron chi connectivity index (χ2n) is 16.3. The summed E-state index contributed by atoms with van der Waals surface area (Å²) in [6.07, 6.45) is -1.32. The van der Waals surface area contributed by atoms with E-state index in [0.29, 0.717) is 10.9 Å². The molecule has 0 atom stereocenters. The molecule has 10 nitrogen and oxygen atoms in total. The average molecular weight is 854 g/mol. The third kappa shape index (κ3) is 12.8. The minimum Gasteiger partial charge on any atom is -1.00 e. The summed E-state index contributed by atoms with van der Waals surface area (Å²) in [6.45, 7) is 26.0. The van der Waals surface area contributed by atoms with Gasteiger partial charge in [0.15, 0.2) is 0 Å². The van der Waals surface area contributed by atoms with Crippen LogP contribution in [0.3, 0.4) is 0 Å². The standard InChI is InChI=1S/C18H27BFNO4.C17H25BFNO4.CH3I.Na.H/c1-16(2,3)23-15(22)21(8)14-10-9-12(11-13(14)20)19-24-17(4,5)18(6,7)25-19;1-15(2,3)22-14(21)20-13-9-8-11(10-12(13)19)18-23-16(4,5)17(6,7)24-18;1-2;;/h9-11H,1-8H3;8-10H,1-7H3,(H,20,21);1H3;;/q;;;+1;-1. The number of ether oxygens (including phenoxy) is 2. The fourth-order valence-corrected chi connectivity index (χ4v) is 4.52. The number of benzene rings is 2. The summed E-state index contributed by atoms with van der Waals surface area (Å²) in [6, 6.07) is 8.99. The van der Waals surface area contributed by atoms with E-state index in [2.05, 4.69) is 27.9 Å². The maximum absolute atomic E-state index is 14.6. The van der Waals surface area contributed by atoms with Crippen molar-refractivity contribution in [2.75, 3.05) is 22.2 Å². The van der Waals surface area contributed by atoms with Gasteiger partial charge in [0.25, 0.3) is 0 Å². The molecule has 16 heteroatoms. The number of nitrogens with zero attached hydrogens (tertiary/aromatic N) is 1. The summed E-state index contributed by atoms with van der Waals surface area (Å²) in [7, 11) is 0.168. The molecule has 0 aromatic heterocycles. The molecule has 0 aliphatic carbocycles. The molecule has 2 aliphatic heterocycles. The predicted octanol–water partition coefficient (Wildman–Crippen LogP) is 5.14. The molecular weight excluding hydrogens is 798 g/mol. The van der Waals surface area contributed by atoms with Gasteiger partial charge >= 0.3 is 56.0 Å². The predicted molar refractivity (Wildman–Crippen MR) is 210 cm³/mol. The van der Waals surface area contributed by atoms with Gasteiger partial charge in [0.05, 0.1) is 33.8 Å². The number of hydrogen-bond acceptors (Lipinski definition) is 8. The van der Waals surface area contributed by atoms with E-state index in [1.165, 1.54) is 31.3 Å². The summed E-state index contributed by atoms with van der Waals surface area (Å²) < 4.78 is 62.9. The number of carbonyl (C=O) groups excluding carboxylic acids is 2. The molecule has 2 heterocycles. The van der Waals surface area contributed by atoms with E-state index in [1.54, 1.807) is 53.7 Å². The summed E-state index contributed by atoms with van der Waals surface area (Å²) in [5.74, 6) is -1.12. The quantitative estimate of drug-likeness (QED) is 0.257. The molecule has 2 saturated heterocycles. The Hall–Kier alpha value is -1.46. The molecule has 2 aromatic rings. The first kappa shape index (κ1) is 48.6. The van der Waals surface area contributed by atoms with Gasteiger partial charge in [-0.05, 0) is 137 Å². The third-order valence-corrected chi connectivity index (χ3v) is 8.68.